The maximum atomic E-state index is 11.2. The topological polar surface area (TPSA) is 97.2 Å². The lowest BCUT2D eigenvalue weighted by Crippen LogP contribution is -2.08. The fourth-order valence-corrected chi connectivity index (χ4v) is 3.15. The highest BCUT2D eigenvalue weighted by molar-refractivity contribution is 5.68. The van der Waals surface area contributed by atoms with Gasteiger partial charge in [-0.3, -0.25) is 4.79 Å². The van der Waals surface area contributed by atoms with Crippen LogP contribution >= 0.6 is 0 Å². The van der Waals surface area contributed by atoms with Crippen LogP contribution < -0.4 is 10.1 Å². The number of anilines is 1. The highest BCUT2D eigenvalue weighted by Crippen LogP contribution is 2.26. The van der Waals surface area contributed by atoms with E-state index in [-0.39, 0.29) is 12.3 Å². The molecule has 152 valence electrons. The Morgan fingerprint density at radius 3 is 2.61 bits per heavy atom. The molecule has 7 heteroatoms. The molecule has 0 unspecified atom stereocenters. The minimum atomic E-state index is -0.797. The number of aryl methyl sites for hydroxylation is 1. The van der Waals surface area contributed by atoms with Gasteiger partial charge in [0, 0.05) is 25.1 Å². The van der Waals surface area contributed by atoms with Crippen molar-refractivity contribution in [2.24, 2.45) is 0 Å². The Labute approximate surface area is 166 Å². The number of aromatic nitrogens is 3. The van der Waals surface area contributed by atoms with E-state index in [2.05, 4.69) is 26.3 Å². The molecular weight excluding hydrogens is 356 g/mol. The fourth-order valence-electron chi connectivity index (χ4n) is 3.15. The second kappa shape index (κ2) is 11.9. The van der Waals surface area contributed by atoms with Crippen LogP contribution in [-0.4, -0.2) is 39.7 Å². The van der Waals surface area contributed by atoms with E-state index in [9.17, 15) is 9.90 Å². The number of carboxylic acids is 1. The van der Waals surface area contributed by atoms with E-state index in [1.165, 1.54) is 0 Å². The molecule has 2 heterocycles. The highest BCUT2D eigenvalue weighted by atomic mass is 16.5. The third kappa shape index (κ3) is 7.50. The van der Waals surface area contributed by atoms with Crippen molar-refractivity contribution in [3.05, 3.63) is 41.9 Å². The quantitative estimate of drug-likeness (QED) is 0.501. The van der Waals surface area contributed by atoms with E-state index in [1.54, 1.807) is 12.4 Å². The molecule has 0 saturated heterocycles. The van der Waals surface area contributed by atoms with Gasteiger partial charge in [-0.2, -0.15) is 0 Å². The van der Waals surface area contributed by atoms with E-state index in [0.717, 1.165) is 55.6 Å². The molecule has 7 nitrogen and oxygen atoms in total. The predicted molar refractivity (Wildman–Crippen MR) is 109 cm³/mol. The first-order chi connectivity index (χ1) is 13.6. The molecule has 28 heavy (non-hydrogen) atoms. The van der Waals surface area contributed by atoms with Crippen LogP contribution in [0.4, 0.5) is 5.82 Å². The summed E-state index contributed by atoms with van der Waals surface area (Å²) >= 11 is 0. The lowest BCUT2D eigenvalue weighted by molar-refractivity contribution is -0.137. The Morgan fingerprint density at radius 1 is 1.18 bits per heavy atom. The Hall–Kier alpha value is -2.70. The summed E-state index contributed by atoms with van der Waals surface area (Å²) in [7, 11) is 1.87. The van der Waals surface area contributed by atoms with Crippen molar-refractivity contribution in [2.75, 3.05) is 19.0 Å². The molecule has 0 aliphatic heterocycles. The predicted octanol–water partition coefficient (Wildman–Crippen LogP) is 4.06. The van der Waals surface area contributed by atoms with Gasteiger partial charge in [0.25, 0.3) is 0 Å². The van der Waals surface area contributed by atoms with Crippen molar-refractivity contribution in [3.63, 3.8) is 0 Å². The van der Waals surface area contributed by atoms with Crippen molar-refractivity contribution in [1.82, 2.24) is 15.0 Å². The van der Waals surface area contributed by atoms with Gasteiger partial charge < -0.3 is 15.2 Å². The summed E-state index contributed by atoms with van der Waals surface area (Å²) in [6.07, 6.45) is 9.48. The summed E-state index contributed by atoms with van der Waals surface area (Å²) in [6.45, 7) is 2.38. The van der Waals surface area contributed by atoms with Gasteiger partial charge in [-0.1, -0.05) is 25.3 Å². The molecule has 2 N–H and O–H groups in total. The molecule has 1 atom stereocenters. The van der Waals surface area contributed by atoms with Crippen LogP contribution in [0.3, 0.4) is 0 Å². The molecule has 0 spiro atoms. The standard InChI is InChI=1S/C21H30N4O3/c1-3-28-21-23-14-17(15-24-21)16(13-20(26)27)9-6-4-5-7-10-18-11-8-12-19(22-2)25-18/h8,11-12,14-16H,3-7,9-10,13H2,1-2H3,(H,22,25)(H,26,27)/t16-/m1/s1. The maximum absolute atomic E-state index is 11.2. The minimum absolute atomic E-state index is 0.0675. The summed E-state index contributed by atoms with van der Waals surface area (Å²) in [5.74, 6) is 0.0307. The molecule has 0 aliphatic rings. The number of carbonyl (C=O) groups is 1. The number of ether oxygens (including phenoxy) is 1. The molecular formula is C21H30N4O3. The summed E-state index contributed by atoms with van der Waals surface area (Å²) in [5.41, 5.74) is 1.96. The zero-order valence-electron chi connectivity index (χ0n) is 16.7. The normalized spacial score (nSPS) is 11.8. The molecule has 2 aromatic heterocycles. The zero-order chi connectivity index (χ0) is 20.2. The van der Waals surface area contributed by atoms with Gasteiger partial charge >= 0.3 is 12.0 Å². The van der Waals surface area contributed by atoms with Crippen LogP contribution in [0.5, 0.6) is 6.01 Å². The summed E-state index contributed by atoms with van der Waals surface area (Å²) in [4.78, 5) is 24.1. The van der Waals surface area contributed by atoms with E-state index in [1.807, 2.05) is 26.1 Å². The Balaban J connectivity index is 1.76. The number of unbranched alkanes of at least 4 members (excludes halogenated alkanes) is 3. The second-order valence-corrected chi connectivity index (χ2v) is 6.74. The van der Waals surface area contributed by atoms with Crippen LogP contribution in [0.25, 0.3) is 0 Å². The third-order valence-corrected chi connectivity index (χ3v) is 4.61. The highest BCUT2D eigenvalue weighted by Gasteiger charge is 2.16. The molecule has 0 aliphatic carbocycles. The van der Waals surface area contributed by atoms with Gasteiger partial charge in [0.1, 0.15) is 5.82 Å². The van der Waals surface area contributed by atoms with E-state index in [0.29, 0.717) is 12.6 Å². The molecule has 2 rings (SSSR count). The zero-order valence-corrected chi connectivity index (χ0v) is 16.7. The van der Waals surface area contributed by atoms with Crippen LogP contribution in [0.2, 0.25) is 0 Å². The molecule has 0 bridgehead atoms. The number of rotatable bonds is 13. The van der Waals surface area contributed by atoms with E-state index >= 15 is 0 Å². The SMILES string of the molecule is CCOc1ncc([C@H](CCCCCCc2cccc(NC)n2)CC(=O)O)cn1. The largest absolute Gasteiger partial charge is 0.481 e. The summed E-state index contributed by atoms with van der Waals surface area (Å²) < 4.78 is 5.25. The fraction of sp³-hybridized carbons (Fsp3) is 0.524. The van der Waals surface area contributed by atoms with Gasteiger partial charge in [0.05, 0.1) is 13.0 Å². The van der Waals surface area contributed by atoms with Crippen molar-refractivity contribution in [3.8, 4) is 6.01 Å². The number of nitrogens with zero attached hydrogens (tertiary/aromatic N) is 3. The first-order valence-corrected chi connectivity index (χ1v) is 9.92. The lowest BCUT2D eigenvalue weighted by atomic mass is 9.92. The lowest BCUT2D eigenvalue weighted by Gasteiger charge is -2.15. The average Bonchev–Trinajstić information content (AvgIpc) is 2.70. The van der Waals surface area contributed by atoms with Crippen molar-refractivity contribution in [2.45, 2.75) is 57.8 Å². The monoisotopic (exact) mass is 386 g/mol. The number of pyridine rings is 1. The van der Waals surface area contributed by atoms with Gasteiger partial charge in [-0.25, -0.2) is 15.0 Å². The first-order valence-electron chi connectivity index (χ1n) is 9.92. The summed E-state index contributed by atoms with van der Waals surface area (Å²) in [6, 6.07) is 6.35. The average molecular weight is 386 g/mol. The van der Waals surface area contributed by atoms with Crippen molar-refractivity contribution >= 4 is 11.8 Å². The maximum Gasteiger partial charge on any atom is 0.316 e. The summed E-state index contributed by atoms with van der Waals surface area (Å²) in [5, 5.41) is 12.3. The molecule has 2 aromatic rings. The van der Waals surface area contributed by atoms with Gasteiger partial charge in [0.15, 0.2) is 0 Å². The Bertz CT molecular complexity index is 722. The first kappa shape index (κ1) is 21.6. The van der Waals surface area contributed by atoms with Gasteiger partial charge in [-0.15, -0.1) is 0 Å². The number of hydrogen-bond donors (Lipinski definition) is 2. The third-order valence-electron chi connectivity index (χ3n) is 4.61. The van der Waals surface area contributed by atoms with Gasteiger partial charge in [0.2, 0.25) is 0 Å². The molecule has 0 fully saturated rings. The number of aliphatic carboxylic acids is 1. The van der Waals surface area contributed by atoms with Crippen LogP contribution in [-0.2, 0) is 11.2 Å². The van der Waals surface area contributed by atoms with Crippen LogP contribution in [0.15, 0.2) is 30.6 Å². The Morgan fingerprint density at radius 2 is 1.93 bits per heavy atom. The van der Waals surface area contributed by atoms with Crippen LogP contribution in [0, 0.1) is 0 Å². The van der Waals surface area contributed by atoms with Gasteiger partial charge in [-0.05, 0) is 49.8 Å². The van der Waals surface area contributed by atoms with Crippen molar-refractivity contribution < 1.29 is 14.6 Å². The number of hydrogen-bond acceptors (Lipinski definition) is 6. The second-order valence-electron chi connectivity index (χ2n) is 6.74. The van der Waals surface area contributed by atoms with E-state index < -0.39 is 5.97 Å². The minimum Gasteiger partial charge on any atom is -0.481 e. The number of nitrogens with one attached hydrogen (secondary N) is 1. The van der Waals surface area contributed by atoms with Crippen LogP contribution in [0.1, 0.15) is 62.6 Å². The Kier molecular flexibility index (Phi) is 9.18. The molecule has 0 saturated carbocycles. The molecule has 0 amide bonds. The van der Waals surface area contributed by atoms with E-state index in [4.69, 9.17) is 4.74 Å². The molecule has 0 radical (unpaired) electrons. The molecule has 0 aromatic carbocycles. The number of carboxylic acid groups (broad SMARTS) is 1. The van der Waals surface area contributed by atoms with Crippen molar-refractivity contribution in [1.29, 1.82) is 0 Å². The smallest absolute Gasteiger partial charge is 0.316 e.